The van der Waals surface area contributed by atoms with Gasteiger partial charge in [-0.2, -0.15) is 0 Å². The number of aliphatic hydroxyl groups is 1. The van der Waals surface area contributed by atoms with Gasteiger partial charge in [0.2, 0.25) is 0 Å². The lowest BCUT2D eigenvalue weighted by molar-refractivity contribution is 0.169. The molecule has 2 heteroatoms. The van der Waals surface area contributed by atoms with Crippen LogP contribution in [0.3, 0.4) is 0 Å². The zero-order valence-electron chi connectivity index (χ0n) is 8.62. The van der Waals surface area contributed by atoms with Gasteiger partial charge < -0.3 is 9.84 Å². The van der Waals surface area contributed by atoms with Crippen LogP contribution in [0.5, 0.6) is 0 Å². The average Bonchev–Trinajstić information content (AvgIpc) is 2.30. The van der Waals surface area contributed by atoms with Crippen LogP contribution < -0.4 is 0 Å². The third kappa shape index (κ3) is 3.49. The fourth-order valence-corrected chi connectivity index (χ4v) is 1.86. The lowest BCUT2D eigenvalue weighted by Gasteiger charge is -2.14. The number of ether oxygens (including phenoxy) is 1. The molecule has 0 saturated carbocycles. The molecule has 2 nitrogen and oxygen atoms in total. The molecule has 0 aromatic carbocycles. The highest BCUT2D eigenvalue weighted by molar-refractivity contribution is 5.10. The molecule has 0 radical (unpaired) electrons. The summed E-state index contributed by atoms with van der Waals surface area (Å²) in [4.78, 5) is 0. The Morgan fingerprint density at radius 1 is 1.62 bits per heavy atom. The van der Waals surface area contributed by atoms with Gasteiger partial charge >= 0.3 is 0 Å². The Balaban J connectivity index is 2.53. The Bertz CT molecular complexity index is 175. The van der Waals surface area contributed by atoms with E-state index < -0.39 is 0 Å². The Hall–Kier alpha value is -0.340. The molecule has 0 heterocycles. The monoisotopic (exact) mass is 184 g/mol. The van der Waals surface area contributed by atoms with Crippen molar-refractivity contribution in [1.29, 1.82) is 0 Å². The van der Waals surface area contributed by atoms with Gasteiger partial charge in [0, 0.05) is 13.0 Å². The Morgan fingerprint density at radius 2 is 2.38 bits per heavy atom. The van der Waals surface area contributed by atoms with E-state index in [0.29, 0.717) is 5.92 Å². The minimum Gasteiger partial charge on any atom is -0.389 e. The third-order valence-electron chi connectivity index (χ3n) is 2.67. The summed E-state index contributed by atoms with van der Waals surface area (Å²) in [7, 11) is 1.73. The molecule has 0 bridgehead atoms. The molecule has 0 amide bonds. The van der Waals surface area contributed by atoms with Crippen LogP contribution in [-0.4, -0.2) is 24.9 Å². The van der Waals surface area contributed by atoms with Crippen molar-refractivity contribution in [2.24, 2.45) is 5.92 Å². The van der Waals surface area contributed by atoms with E-state index in [1.54, 1.807) is 7.11 Å². The first-order valence-electron chi connectivity index (χ1n) is 5.11. The third-order valence-corrected chi connectivity index (χ3v) is 2.67. The van der Waals surface area contributed by atoms with Crippen LogP contribution in [0, 0.1) is 5.92 Å². The van der Waals surface area contributed by atoms with E-state index in [9.17, 15) is 5.11 Å². The molecule has 0 aliphatic heterocycles. The summed E-state index contributed by atoms with van der Waals surface area (Å²) in [5, 5.41) is 9.56. The van der Waals surface area contributed by atoms with Gasteiger partial charge in [-0.3, -0.25) is 0 Å². The largest absolute Gasteiger partial charge is 0.389 e. The Labute approximate surface area is 80.6 Å². The van der Waals surface area contributed by atoms with Crippen LogP contribution in [0.2, 0.25) is 0 Å². The van der Waals surface area contributed by atoms with Crippen molar-refractivity contribution in [3.8, 4) is 0 Å². The molecule has 0 aromatic heterocycles. The molecule has 1 N–H and O–H groups in total. The quantitative estimate of drug-likeness (QED) is 0.681. The van der Waals surface area contributed by atoms with Crippen LogP contribution in [0.1, 0.15) is 32.6 Å². The normalized spacial score (nSPS) is 26.4. The topological polar surface area (TPSA) is 29.5 Å². The lowest BCUT2D eigenvalue weighted by atomic mass is 9.97. The second kappa shape index (κ2) is 5.40. The van der Waals surface area contributed by atoms with Crippen molar-refractivity contribution in [3.63, 3.8) is 0 Å². The van der Waals surface area contributed by atoms with E-state index >= 15 is 0 Å². The minimum absolute atomic E-state index is 0.225. The summed E-state index contributed by atoms with van der Waals surface area (Å²) in [6, 6.07) is 0. The summed E-state index contributed by atoms with van der Waals surface area (Å²) >= 11 is 0. The maximum absolute atomic E-state index is 9.56. The van der Waals surface area contributed by atoms with Gasteiger partial charge in [0.25, 0.3) is 0 Å². The van der Waals surface area contributed by atoms with E-state index in [4.69, 9.17) is 4.74 Å². The zero-order chi connectivity index (χ0) is 9.68. The summed E-state index contributed by atoms with van der Waals surface area (Å²) in [5.41, 5.74) is 1.37. The summed E-state index contributed by atoms with van der Waals surface area (Å²) < 4.78 is 5.11. The number of hydrogen-bond donors (Lipinski definition) is 1. The second-order valence-corrected chi connectivity index (χ2v) is 3.91. The van der Waals surface area contributed by atoms with Crippen molar-refractivity contribution < 1.29 is 9.84 Å². The van der Waals surface area contributed by atoms with Gasteiger partial charge in [-0.15, -0.1) is 0 Å². The highest BCUT2D eigenvalue weighted by atomic mass is 16.5. The zero-order valence-corrected chi connectivity index (χ0v) is 8.62. The number of rotatable bonds is 3. The molecular weight excluding hydrogens is 164 g/mol. The Morgan fingerprint density at radius 3 is 3.08 bits per heavy atom. The van der Waals surface area contributed by atoms with Crippen LogP contribution in [0.25, 0.3) is 0 Å². The molecule has 76 valence electrons. The van der Waals surface area contributed by atoms with Gasteiger partial charge in [-0.05, 0) is 19.3 Å². The van der Waals surface area contributed by atoms with Crippen molar-refractivity contribution in [1.82, 2.24) is 0 Å². The summed E-state index contributed by atoms with van der Waals surface area (Å²) in [6.45, 7) is 2.92. The van der Waals surface area contributed by atoms with Crippen molar-refractivity contribution in [2.75, 3.05) is 13.7 Å². The van der Waals surface area contributed by atoms with Crippen molar-refractivity contribution in [3.05, 3.63) is 11.6 Å². The van der Waals surface area contributed by atoms with Crippen LogP contribution in [0.15, 0.2) is 11.6 Å². The van der Waals surface area contributed by atoms with E-state index in [0.717, 1.165) is 25.9 Å². The first-order chi connectivity index (χ1) is 6.24. The molecule has 1 aliphatic rings. The second-order valence-electron chi connectivity index (χ2n) is 3.91. The Kier molecular flexibility index (Phi) is 4.46. The van der Waals surface area contributed by atoms with E-state index in [2.05, 4.69) is 6.92 Å². The van der Waals surface area contributed by atoms with Gasteiger partial charge in [-0.25, -0.2) is 0 Å². The molecule has 1 rings (SSSR count). The lowest BCUT2D eigenvalue weighted by Crippen LogP contribution is -2.09. The molecule has 1 aliphatic carbocycles. The van der Waals surface area contributed by atoms with Crippen LogP contribution >= 0.6 is 0 Å². The smallest absolute Gasteiger partial charge is 0.0723 e. The fraction of sp³-hybridized carbons (Fsp3) is 0.818. The molecule has 2 atom stereocenters. The summed E-state index contributed by atoms with van der Waals surface area (Å²) in [6.07, 6.45) is 6.19. The van der Waals surface area contributed by atoms with Gasteiger partial charge in [0.15, 0.2) is 0 Å². The molecule has 0 aromatic rings. The van der Waals surface area contributed by atoms with Gasteiger partial charge in [0.1, 0.15) is 0 Å². The first-order valence-corrected chi connectivity index (χ1v) is 5.11. The molecule has 13 heavy (non-hydrogen) atoms. The van der Waals surface area contributed by atoms with Gasteiger partial charge in [0.05, 0.1) is 12.7 Å². The average molecular weight is 184 g/mol. The molecule has 0 fully saturated rings. The first kappa shape index (κ1) is 10.7. The van der Waals surface area contributed by atoms with E-state index in [1.807, 2.05) is 6.08 Å². The summed E-state index contributed by atoms with van der Waals surface area (Å²) in [5.74, 6) is 0.456. The van der Waals surface area contributed by atoms with Crippen LogP contribution in [0.4, 0.5) is 0 Å². The van der Waals surface area contributed by atoms with Crippen LogP contribution in [-0.2, 0) is 4.74 Å². The predicted octanol–water partition coefficient (Wildman–Crippen LogP) is 2.13. The predicted molar refractivity (Wildman–Crippen MR) is 53.6 cm³/mol. The molecule has 0 saturated heterocycles. The molecule has 0 spiro atoms. The number of hydrogen-bond acceptors (Lipinski definition) is 2. The SMILES string of the molecule is COCC(C)C1=CC(O)CCCC1. The van der Waals surface area contributed by atoms with Gasteiger partial charge in [-0.1, -0.05) is 25.0 Å². The number of methoxy groups -OCH3 is 1. The highest BCUT2D eigenvalue weighted by Crippen LogP contribution is 2.23. The van der Waals surface area contributed by atoms with Crippen molar-refractivity contribution in [2.45, 2.75) is 38.7 Å². The van der Waals surface area contributed by atoms with E-state index in [-0.39, 0.29) is 6.10 Å². The van der Waals surface area contributed by atoms with E-state index in [1.165, 1.54) is 12.0 Å². The minimum atomic E-state index is -0.225. The maximum Gasteiger partial charge on any atom is 0.0723 e. The molecule has 2 unspecified atom stereocenters. The molecular formula is C11H20O2. The fourth-order valence-electron chi connectivity index (χ4n) is 1.86. The highest BCUT2D eigenvalue weighted by Gasteiger charge is 2.14. The van der Waals surface area contributed by atoms with Crippen molar-refractivity contribution >= 4 is 0 Å². The maximum atomic E-state index is 9.56. The standard InChI is InChI=1S/C11H20O2/c1-9(8-13-2)10-5-3-4-6-11(12)7-10/h7,9,11-12H,3-6,8H2,1-2H3. The number of aliphatic hydroxyl groups excluding tert-OH is 1.